The molecule has 0 bridgehead atoms. The van der Waals surface area contributed by atoms with Crippen molar-refractivity contribution in [1.82, 2.24) is 14.9 Å². The Hall–Kier alpha value is -1.88. The van der Waals surface area contributed by atoms with Crippen LogP contribution in [-0.2, 0) is 0 Å². The van der Waals surface area contributed by atoms with E-state index in [1.165, 1.54) is 11.8 Å². The van der Waals surface area contributed by atoms with Crippen LogP contribution < -0.4 is 5.32 Å². The van der Waals surface area contributed by atoms with Crippen LogP contribution in [0.4, 0.5) is 0 Å². The van der Waals surface area contributed by atoms with Gasteiger partial charge in [-0.2, -0.15) is 5.10 Å². The second kappa shape index (κ2) is 3.85. The van der Waals surface area contributed by atoms with Crippen LogP contribution in [0.5, 0.6) is 0 Å². The molecule has 1 atom stereocenters. The van der Waals surface area contributed by atoms with E-state index in [1.54, 1.807) is 4.52 Å². The van der Waals surface area contributed by atoms with Gasteiger partial charge in [-0.3, -0.25) is 0 Å². The lowest BCUT2D eigenvalue weighted by atomic mass is 9.99. The van der Waals surface area contributed by atoms with Gasteiger partial charge in [0.05, 0.1) is 11.7 Å². The molecular weight excluding hydrogens is 218 g/mol. The Bertz CT molecular complexity index is 570. The third kappa shape index (κ3) is 1.68. The fraction of sp³-hybridized carbons (Fsp3) is 0.333. The van der Waals surface area contributed by atoms with E-state index in [0.29, 0.717) is 11.4 Å². The number of carboxylic acid groups (broad SMARTS) is 1. The zero-order valence-corrected chi connectivity index (χ0v) is 9.26. The summed E-state index contributed by atoms with van der Waals surface area (Å²) in [6, 6.07) is 3.96. The molecule has 1 aliphatic heterocycles. The second-order valence-electron chi connectivity index (χ2n) is 4.34. The Morgan fingerprint density at radius 1 is 1.59 bits per heavy atom. The van der Waals surface area contributed by atoms with E-state index in [4.69, 9.17) is 5.11 Å². The van der Waals surface area contributed by atoms with Crippen molar-refractivity contribution in [3.63, 3.8) is 0 Å². The Labute approximate surface area is 98.1 Å². The first-order valence-corrected chi connectivity index (χ1v) is 5.67. The highest BCUT2D eigenvalue weighted by molar-refractivity contribution is 5.95. The van der Waals surface area contributed by atoms with Crippen molar-refractivity contribution < 1.29 is 9.90 Å². The molecule has 1 saturated heterocycles. The van der Waals surface area contributed by atoms with E-state index in [2.05, 4.69) is 10.4 Å². The summed E-state index contributed by atoms with van der Waals surface area (Å²) >= 11 is 0. The number of nitrogens with zero attached hydrogens (tertiary/aromatic N) is 2. The van der Waals surface area contributed by atoms with Gasteiger partial charge in [0.2, 0.25) is 0 Å². The van der Waals surface area contributed by atoms with Crippen molar-refractivity contribution in [2.24, 2.45) is 0 Å². The largest absolute Gasteiger partial charge is 0.478 e. The fourth-order valence-corrected chi connectivity index (χ4v) is 2.35. The summed E-state index contributed by atoms with van der Waals surface area (Å²) < 4.78 is 1.61. The number of carbonyl (C=O) groups is 1. The van der Waals surface area contributed by atoms with Gasteiger partial charge >= 0.3 is 5.97 Å². The summed E-state index contributed by atoms with van der Waals surface area (Å²) in [5, 5.41) is 16.4. The average Bonchev–Trinajstić information content (AvgIpc) is 2.97. The van der Waals surface area contributed by atoms with Crippen LogP contribution in [0.3, 0.4) is 0 Å². The Balaban J connectivity index is 2.09. The zero-order valence-electron chi connectivity index (χ0n) is 9.26. The van der Waals surface area contributed by atoms with Crippen LogP contribution in [0, 0.1) is 0 Å². The zero-order chi connectivity index (χ0) is 11.8. The number of pyridine rings is 1. The van der Waals surface area contributed by atoms with Crippen molar-refractivity contribution in [2.75, 3.05) is 13.1 Å². The molecule has 0 aromatic carbocycles. The summed E-state index contributed by atoms with van der Waals surface area (Å²) in [4.78, 5) is 11.0. The normalized spacial score (nSPS) is 19.9. The van der Waals surface area contributed by atoms with Crippen LogP contribution in [0.2, 0.25) is 0 Å². The topological polar surface area (TPSA) is 66.6 Å². The molecule has 0 spiro atoms. The number of fused-ring (bicyclic) bond motifs is 1. The summed E-state index contributed by atoms with van der Waals surface area (Å²) in [7, 11) is 0. The fourth-order valence-electron chi connectivity index (χ4n) is 2.35. The number of aromatic carboxylic acids is 1. The molecule has 3 rings (SSSR count). The molecule has 2 aromatic rings. The highest BCUT2D eigenvalue weighted by Crippen LogP contribution is 2.24. The Morgan fingerprint density at radius 2 is 2.47 bits per heavy atom. The predicted molar refractivity (Wildman–Crippen MR) is 62.4 cm³/mol. The molecule has 0 amide bonds. The molecule has 3 heterocycles. The van der Waals surface area contributed by atoms with Crippen LogP contribution in [0.25, 0.3) is 5.52 Å². The molecule has 1 unspecified atom stereocenters. The highest BCUT2D eigenvalue weighted by atomic mass is 16.4. The van der Waals surface area contributed by atoms with Gasteiger partial charge < -0.3 is 10.4 Å². The lowest BCUT2D eigenvalue weighted by Gasteiger charge is -2.08. The van der Waals surface area contributed by atoms with Gasteiger partial charge in [-0.15, -0.1) is 0 Å². The molecule has 88 valence electrons. The van der Waals surface area contributed by atoms with E-state index in [9.17, 15) is 4.79 Å². The number of nitrogens with one attached hydrogen (secondary N) is 1. The molecule has 2 N–H and O–H groups in total. The number of hydrogen-bond donors (Lipinski definition) is 2. The molecule has 1 fully saturated rings. The van der Waals surface area contributed by atoms with Crippen molar-refractivity contribution in [2.45, 2.75) is 12.3 Å². The number of rotatable bonds is 2. The first kappa shape index (κ1) is 10.3. The molecule has 1 aliphatic rings. The molecule has 5 heteroatoms. The minimum atomic E-state index is -0.929. The molecule has 0 saturated carbocycles. The lowest BCUT2D eigenvalue weighted by molar-refractivity contribution is 0.0699. The first-order valence-electron chi connectivity index (χ1n) is 5.67. The Kier molecular flexibility index (Phi) is 2.33. The maximum atomic E-state index is 11.0. The third-order valence-corrected chi connectivity index (χ3v) is 3.31. The van der Waals surface area contributed by atoms with Crippen molar-refractivity contribution in [3.8, 4) is 0 Å². The van der Waals surface area contributed by atoms with E-state index >= 15 is 0 Å². The van der Waals surface area contributed by atoms with Gasteiger partial charge in [0, 0.05) is 12.7 Å². The van der Waals surface area contributed by atoms with Crippen LogP contribution in [0.15, 0.2) is 24.5 Å². The SMILES string of the molecule is O=C(O)c1cnn2ccc(C3CCNC3)cc12. The summed E-state index contributed by atoms with van der Waals surface area (Å²) in [5.41, 5.74) is 2.12. The highest BCUT2D eigenvalue weighted by Gasteiger charge is 2.18. The number of carboxylic acids is 1. The average molecular weight is 231 g/mol. The maximum Gasteiger partial charge on any atom is 0.339 e. The summed E-state index contributed by atoms with van der Waals surface area (Å²) in [5.74, 6) is -0.446. The predicted octanol–water partition coefficient (Wildman–Crippen LogP) is 1.11. The van der Waals surface area contributed by atoms with Crippen LogP contribution in [-0.4, -0.2) is 33.8 Å². The van der Waals surface area contributed by atoms with Gasteiger partial charge in [0.1, 0.15) is 5.56 Å². The maximum absolute atomic E-state index is 11.0. The van der Waals surface area contributed by atoms with Gasteiger partial charge in [-0.25, -0.2) is 9.31 Å². The van der Waals surface area contributed by atoms with Gasteiger partial charge in [-0.05, 0) is 36.6 Å². The van der Waals surface area contributed by atoms with E-state index in [0.717, 1.165) is 19.5 Å². The smallest absolute Gasteiger partial charge is 0.339 e. The minimum Gasteiger partial charge on any atom is -0.478 e. The molecule has 0 radical (unpaired) electrons. The third-order valence-electron chi connectivity index (χ3n) is 3.31. The minimum absolute atomic E-state index is 0.262. The van der Waals surface area contributed by atoms with Crippen molar-refractivity contribution in [1.29, 1.82) is 0 Å². The van der Waals surface area contributed by atoms with Crippen molar-refractivity contribution >= 4 is 11.5 Å². The second-order valence-corrected chi connectivity index (χ2v) is 4.34. The molecule has 5 nitrogen and oxygen atoms in total. The first-order chi connectivity index (χ1) is 8.25. The van der Waals surface area contributed by atoms with Gasteiger partial charge in [-0.1, -0.05) is 0 Å². The van der Waals surface area contributed by atoms with E-state index in [1.807, 2.05) is 18.3 Å². The number of hydrogen-bond acceptors (Lipinski definition) is 3. The lowest BCUT2D eigenvalue weighted by Crippen LogP contribution is -2.08. The monoisotopic (exact) mass is 231 g/mol. The van der Waals surface area contributed by atoms with Crippen LogP contribution in [0.1, 0.15) is 28.3 Å². The van der Waals surface area contributed by atoms with E-state index in [-0.39, 0.29) is 5.56 Å². The summed E-state index contributed by atoms with van der Waals surface area (Å²) in [6.45, 7) is 1.99. The Morgan fingerprint density at radius 3 is 3.18 bits per heavy atom. The molecule has 17 heavy (non-hydrogen) atoms. The number of aromatic nitrogens is 2. The summed E-state index contributed by atoms with van der Waals surface area (Å²) in [6.07, 6.45) is 4.33. The molecule has 0 aliphatic carbocycles. The molecular formula is C12H13N3O2. The van der Waals surface area contributed by atoms with E-state index < -0.39 is 5.97 Å². The molecule has 2 aromatic heterocycles. The quantitative estimate of drug-likeness (QED) is 0.812. The van der Waals surface area contributed by atoms with Crippen LogP contribution >= 0.6 is 0 Å². The van der Waals surface area contributed by atoms with Gasteiger partial charge in [0.25, 0.3) is 0 Å². The standard InChI is InChI=1S/C12H13N3O2/c16-12(17)10-7-14-15-4-2-8(5-11(10)15)9-1-3-13-6-9/h2,4-5,7,9,13H,1,3,6H2,(H,16,17). The van der Waals surface area contributed by atoms with Gasteiger partial charge in [0.15, 0.2) is 0 Å². The van der Waals surface area contributed by atoms with Crippen molar-refractivity contribution in [3.05, 3.63) is 35.7 Å².